The van der Waals surface area contributed by atoms with Crippen LogP contribution >= 0.6 is 15.9 Å². The van der Waals surface area contributed by atoms with Crippen LogP contribution < -0.4 is 5.56 Å². The van der Waals surface area contributed by atoms with Gasteiger partial charge in [-0.25, -0.2) is 9.78 Å². The van der Waals surface area contributed by atoms with Crippen LogP contribution in [0.1, 0.15) is 16.2 Å². The number of halogens is 1. The third-order valence-corrected chi connectivity index (χ3v) is 3.88. The minimum Gasteiger partial charge on any atom is -0.454 e. The first-order valence-electron chi connectivity index (χ1n) is 7.23. The molecule has 1 aromatic carbocycles. The molecule has 0 amide bonds. The number of para-hydroxylation sites is 1. The summed E-state index contributed by atoms with van der Waals surface area (Å²) >= 11 is 3.23. The Bertz CT molecular complexity index is 1060. The van der Waals surface area contributed by atoms with Gasteiger partial charge in [0.1, 0.15) is 13.2 Å². The van der Waals surface area contributed by atoms with Gasteiger partial charge in [-0.3, -0.25) is 14.3 Å². The van der Waals surface area contributed by atoms with Crippen LogP contribution in [0.25, 0.3) is 10.9 Å². The van der Waals surface area contributed by atoms with Gasteiger partial charge in [0.15, 0.2) is 5.82 Å². The molecule has 7 nitrogen and oxygen atoms in total. The minimum atomic E-state index is -0.597. The number of benzene rings is 1. The number of nitriles is 1. The number of nitrogens with zero attached hydrogens (tertiary/aromatic N) is 4. The third-order valence-electron chi connectivity index (χ3n) is 3.44. The summed E-state index contributed by atoms with van der Waals surface area (Å²) in [5.74, 6) is -0.388. The number of carbonyl (C=O) groups excluding carboxylic acids is 1. The molecule has 0 aliphatic carbocycles. The van der Waals surface area contributed by atoms with E-state index in [9.17, 15) is 9.59 Å². The van der Waals surface area contributed by atoms with Crippen molar-refractivity contribution in [1.29, 1.82) is 5.26 Å². The van der Waals surface area contributed by atoms with E-state index in [1.165, 1.54) is 10.8 Å². The number of carbonyl (C=O) groups is 1. The molecule has 0 saturated heterocycles. The number of ether oxygens (including phenoxy) is 1. The molecule has 0 bridgehead atoms. The molecule has 0 unspecified atom stereocenters. The number of fused-ring (bicyclic) bond motifs is 1. The maximum atomic E-state index is 12.5. The van der Waals surface area contributed by atoms with Crippen LogP contribution in [0, 0.1) is 11.3 Å². The van der Waals surface area contributed by atoms with E-state index in [0.29, 0.717) is 15.4 Å². The molecule has 124 valence electrons. The SMILES string of the molecule is N#CCn1c(COC(=O)c2cncc(Br)c2)nc2ccccc2c1=O. The van der Waals surface area contributed by atoms with Crippen LogP contribution in [0.15, 0.2) is 52.0 Å². The number of hydrogen-bond donors (Lipinski definition) is 0. The molecule has 0 aliphatic heterocycles. The van der Waals surface area contributed by atoms with Crippen molar-refractivity contribution in [3.63, 3.8) is 0 Å². The lowest BCUT2D eigenvalue weighted by Crippen LogP contribution is -2.26. The zero-order valence-corrected chi connectivity index (χ0v) is 14.4. The second-order valence-corrected chi connectivity index (χ2v) is 5.98. The Morgan fingerprint density at radius 1 is 1.32 bits per heavy atom. The maximum Gasteiger partial charge on any atom is 0.340 e. The highest BCUT2D eigenvalue weighted by molar-refractivity contribution is 9.10. The fourth-order valence-corrected chi connectivity index (χ4v) is 2.66. The van der Waals surface area contributed by atoms with E-state index in [1.54, 1.807) is 36.5 Å². The summed E-state index contributed by atoms with van der Waals surface area (Å²) in [6, 6.07) is 10.3. The summed E-state index contributed by atoms with van der Waals surface area (Å²) in [4.78, 5) is 32.9. The van der Waals surface area contributed by atoms with Crippen molar-refractivity contribution < 1.29 is 9.53 Å². The zero-order valence-electron chi connectivity index (χ0n) is 12.8. The average Bonchev–Trinajstić information content (AvgIpc) is 2.62. The van der Waals surface area contributed by atoms with Crippen LogP contribution in [0.2, 0.25) is 0 Å². The second kappa shape index (κ2) is 7.23. The summed E-state index contributed by atoms with van der Waals surface area (Å²) < 4.78 is 7.08. The highest BCUT2D eigenvalue weighted by Crippen LogP contribution is 2.12. The first-order valence-corrected chi connectivity index (χ1v) is 8.02. The molecule has 0 radical (unpaired) electrons. The van der Waals surface area contributed by atoms with Gasteiger partial charge in [-0.05, 0) is 34.1 Å². The molecule has 8 heteroatoms. The predicted octanol–water partition coefficient (Wildman–Crippen LogP) is 2.43. The lowest BCUT2D eigenvalue weighted by molar-refractivity contribution is 0.0456. The van der Waals surface area contributed by atoms with E-state index in [0.717, 1.165) is 0 Å². The van der Waals surface area contributed by atoms with Gasteiger partial charge in [0.25, 0.3) is 5.56 Å². The first kappa shape index (κ1) is 16.8. The Morgan fingerprint density at radius 2 is 2.12 bits per heavy atom. The lowest BCUT2D eigenvalue weighted by Gasteiger charge is -2.11. The Kier molecular flexibility index (Phi) is 4.86. The van der Waals surface area contributed by atoms with Gasteiger partial charge in [-0.2, -0.15) is 5.26 Å². The van der Waals surface area contributed by atoms with Gasteiger partial charge in [0.2, 0.25) is 0 Å². The summed E-state index contributed by atoms with van der Waals surface area (Å²) in [7, 11) is 0. The van der Waals surface area contributed by atoms with Crippen LogP contribution in [-0.2, 0) is 17.9 Å². The summed E-state index contributed by atoms with van der Waals surface area (Å²) in [6.45, 7) is -0.408. The largest absolute Gasteiger partial charge is 0.454 e. The molecule has 25 heavy (non-hydrogen) atoms. The van der Waals surface area contributed by atoms with Gasteiger partial charge >= 0.3 is 5.97 Å². The van der Waals surface area contributed by atoms with Crippen molar-refractivity contribution in [2.45, 2.75) is 13.2 Å². The molecule has 0 spiro atoms. The van der Waals surface area contributed by atoms with E-state index >= 15 is 0 Å². The topological polar surface area (TPSA) is 97.9 Å². The fraction of sp³-hybridized carbons (Fsp3) is 0.118. The summed E-state index contributed by atoms with van der Waals surface area (Å²) in [5.41, 5.74) is 0.406. The number of rotatable bonds is 4. The van der Waals surface area contributed by atoms with Gasteiger partial charge in [0.05, 0.1) is 22.5 Å². The van der Waals surface area contributed by atoms with Crippen molar-refractivity contribution in [2.24, 2.45) is 0 Å². The van der Waals surface area contributed by atoms with E-state index < -0.39 is 5.97 Å². The van der Waals surface area contributed by atoms with Crippen LogP contribution in [0.4, 0.5) is 0 Å². The van der Waals surface area contributed by atoms with E-state index in [-0.39, 0.29) is 30.1 Å². The van der Waals surface area contributed by atoms with E-state index in [4.69, 9.17) is 10.00 Å². The van der Waals surface area contributed by atoms with E-state index in [1.807, 2.05) is 6.07 Å². The molecule has 3 rings (SSSR count). The van der Waals surface area contributed by atoms with Gasteiger partial charge in [-0.15, -0.1) is 0 Å². The molecule has 0 saturated carbocycles. The van der Waals surface area contributed by atoms with Crippen molar-refractivity contribution in [1.82, 2.24) is 14.5 Å². The first-order chi connectivity index (χ1) is 12.1. The quantitative estimate of drug-likeness (QED) is 0.625. The highest BCUT2D eigenvalue weighted by Gasteiger charge is 2.14. The molecular weight excluding hydrogens is 388 g/mol. The molecule has 0 atom stereocenters. The number of aromatic nitrogens is 3. The molecule has 0 N–H and O–H groups in total. The number of esters is 1. The standard InChI is InChI=1S/C17H11BrN4O3/c18-12-7-11(8-20-9-12)17(24)25-10-15-21-14-4-2-1-3-13(14)16(23)22(15)6-5-19/h1-4,7-9H,6,10H2. The Labute approximate surface area is 150 Å². The fourth-order valence-electron chi connectivity index (χ4n) is 2.29. The van der Waals surface area contributed by atoms with Gasteiger partial charge in [0, 0.05) is 16.9 Å². The van der Waals surface area contributed by atoms with Crippen LogP contribution in [-0.4, -0.2) is 20.5 Å². The lowest BCUT2D eigenvalue weighted by atomic mass is 10.2. The van der Waals surface area contributed by atoms with Crippen LogP contribution in [0.3, 0.4) is 0 Å². The predicted molar refractivity (Wildman–Crippen MR) is 92.7 cm³/mol. The van der Waals surface area contributed by atoms with Crippen molar-refractivity contribution in [2.75, 3.05) is 0 Å². The smallest absolute Gasteiger partial charge is 0.340 e. The minimum absolute atomic E-state index is 0.179. The molecule has 2 heterocycles. The second-order valence-electron chi connectivity index (χ2n) is 5.06. The normalized spacial score (nSPS) is 10.4. The number of hydrogen-bond acceptors (Lipinski definition) is 6. The monoisotopic (exact) mass is 398 g/mol. The van der Waals surface area contributed by atoms with Gasteiger partial charge < -0.3 is 4.74 Å². The maximum absolute atomic E-state index is 12.5. The third kappa shape index (κ3) is 3.56. The molecule has 0 fully saturated rings. The Hall–Kier alpha value is -3.05. The Morgan fingerprint density at radius 3 is 2.88 bits per heavy atom. The highest BCUT2D eigenvalue weighted by atomic mass is 79.9. The molecule has 2 aromatic heterocycles. The Balaban J connectivity index is 1.93. The van der Waals surface area contributed by atoms with E-state index in [2.05, 4.69) is 25.9 Å². The van der Waals surface area contributed by atoms with Crippen LogP contribution in [0.5, 0.6) is 0 Å². The average molecular weight is 399 g/mol. The van der Waals surface area contributed by atoms with Crippen molar-refractivity contribution in [3.8, 4) is 6.07 Å². The van der Waals surface area contributed by atoms with Gasteiger partial charge in [-0.1, -0.05) is 12.1 Å². The van der Waals surface area contributed by atoms with Crippen molar-refractivity contribution >= 4 is 32.8 Å². The number of pyridine rings is 1. The molecule has 0 aliphatic rings. The van der Waals surface area contributed by atoms with Crippen molar-refractivity contribution in [3.05, 3.63) is 68.9 Å². The summed E-state index contributed by atoms with van der Waals surface area (Å²) in [6.07, 6.45) is 2.93. The zero-order chi connectivity index (χ0) is 17.8. The summed E-state index contributed by atoms with van der Waals surface area (Å²) in [5, 5.41) is 9.37. The molecule has 3 aromatic rings. The molecular formula is C17H11BrN4O3.